The highest BCUT2D eigenvalue weighted by Gasteiger charge is 2.44. The van der Waals surface area contributed by atoms with Gasteiger partial charge in [-0.3, -0.25) is 14.6 Å². The molecule has 1 atom stereocenters. The number of ketones is 1. The average molecular weight is 367 g/mol. The quantitative estimate of drug-likeness (QED) is 0.796. The number of hydrogen-bond donors (Lipinski definition) is 1. The van der Waals surface area contributed by atoms with Gasteiger partial charge < -0.3 is 10.2 Å². The Kier molecular flexibility index (Phi) is 4.57. The molecule has 2 aliphatic carbocycles. The number of carbonyl (C=O) groups is 2. The van der Waals surface area contributed by atoms with Crippen LogP contribution in [0.15, 0.2) is 29.7 Å². The average Bonchev–Trinajstić information content (AvgIpc) is 2.75. The van der Waals surface area contributed by atoms with Gasteiger partial charge in [-0.2, -0.15) is 0 Å². The molecule has 1 N–H and O–H groups in total. The summed E-state index contributed by atoms with van der Waals surface area (Å²) in [6, 6.07) is 1.73. The van der Waals surface area contributed by atoms with Crippen molar-refractivity contribution >= 4 is 23.1 Å². The van der Waals surface area contributed by atoms with Gasteiger partial charge in [0, 0.05) is 30.8 Å². The van der Waals surface area contributed by atoms with Crippen LogP contribution >= 0.6 is 0 Å². The molecule has 0 spiro atoms. The number of pyridine rings is 1. The van der Waals surface area contributed by atoms with Crippen molar-refractivity contribution in [3.63, 3.8) is 0 Å². The van der Waals surface area contributed by atoms with Gasteiger partial charge in [-0.25, -0.2) is 0 Å². The first-order valence-electron chi connectivity index (χ1n) is 10.1. The van der Waals surface area contributed by atoms with Crippen LogP contribution in [0.4, 0.5) is 11.4 Å². The molecule has 3 aliphatic rings. The van der Waals surface area contributed by atoms with Crippen molar-refractivity contribution in [1.29, 1.82) is 0 Å². The Balaban J connectivity index is 1.91. The maximum atomic E-state index is 13.3. The minimum absolute atomic E-state index is 0.00814. The van der Waals surface area contributed by atoms with E-state index in [-0.39, 0.29) is 23.1 Å². The van der Waals surface area contributed by atoms with Crippen molar-refractivity contribution < 1.29 is 9.59 Å². The van der Waals surface area contributed by atoms with Crippen LogP contribution in [0, 0.1) is 11.3 Å². The summed E-state index contributed by atoms with van der Waals surface area (Å²) in [6.45, 7) is 5.90. The number of amides is 1. The van der Waals surface area contributed by atoms with Crippen molar-refractivity contribution in [2.75, 3.05) is 10.2 Å². The van der Waals surface area contributed by atoms with Crippen molar-refractivity contribution in [1.82, 2.24) is 4.98 Å². The van der Waals surface area contributed by atoms with E-state index in [4.69, 9.17) is 0 Å². The van der Waals surface area contributed by atoms with Crippen LogP contribution in [0.25, 0.3) is 0 Å². The highest BCUT2D eigenvalue weighted by Crippen LogP contribution is 2.46. The van der Waals surface area contributed by atoms with Gasteiger partial charge in [0.05, 0.1) is 23.6 Å². The third-order valence-electron chi connectivity index (χ3n) is 6.27. The molecule has 5 nitrogen and oxygen atoms in total. The van der Waals surface area contributed by atoms with E-state index in [9.17, 15) is 9.59 Å². The number of rotatable bonds is 1. The van der Waals surface area contributed by atoms with E-state index in [0.717, 1.165) is 41.9 Å². The monoisotopic (exact) mass is 367 g/mol. The molecule has 1 aliphatic heterocycles. The van der Waals surface area contributed by atoms with Gasteiger partial charge in [0.25, 0.3) is 0 Å². The van der Waals surface area contributed by atoms with Crippen LogP contribution in [-0.2, 0) is 9.59 Å². The number of Topliss-reactive ketones (excluding diaryl/α,β-unsaturated/α-hetero) is 1. The van der Waals surface area contributed by atoms with Crippen molar-refractivity contribution in [2.45, 2.75) is 71.8 Å². The van der Waals surface area contributed by atoms with Crippen LogP contribution in [0.3, 0.4) is 0 Å². The molecule has 0 radical (unpaired) electrons. The van der Waals surface area contributed by atoms with Crippen molar-refractivity contribution in [3.05, 3.63) is 29.7 Å². The number of aromatic nitrogens is 1. The molecule has 1 aromatic heterocycles. The summed E-state index contributed by atoms with van der Waals surface area (Å²) in [4.78, 5) is 32.3. The number of fused-ring (bicyclic) bond motifs is 1. The Bertz CT molecular complexity index is 806. The first-order chi connectivity index (χ1) is 12.9. The SMILES string of the molecule is CC(=O)N1c2ccncc2NC2=C(C(=O)CC(C)(C)C2)C1C1CCCCC1. The lowest BCUT2D eigenvalue weighted by atomic mass is 9.70. The Labute approximate surface area is 161 Å². The maximum absolute atomic E-state index is 13.3. The zero-order valence-corrected chi connectivity index (χ0v) is 16.5. The Morgan fingerprint density at radius 2 is 1.96 bits per heavy atom. The third kappa shape index (κ3) is 3.28. The van der Waals surface area contributed by atoms with Gasteiger partial charge in [0.1, 0.15) is 0 Å². The molecule has 0 saturated heterocycles. The van der Waals surface area contributed by atoms with E-state index in [2.05, 4.69) is 24.1 Å². The predicted molar refractivity (Wildman–Crippen MR) is 106 cm³/mol. The fraction of sp³-hybridized carbons (Fsp3) is 0.591. The van der Waals surface area contributed by atoms with Gasteiger partial charge in [-0.15, -0.1) is 0 Å². The minimum Gasteiger partial charge on any atom is -0.356 e. The lowest BCUT2D eigenvalue weighted by molar-refractivity contribution is -0.119. The van der Waals surface area contributed by atoms with Crippen LogP contribution in [0.5, 0.6) is 0 Å². The summed E-state index contributed by atoms with van der Waals surface area (Å²) in [6.07, 6.45) is 10.6. The van der Waals surface area contributed by atoms with Crippen molar-refractivity contribution in [3.8, 4) is 0 Å². The molecule has 144 valence electrons. The van der Waals surface area contributed by atoms with Gasteiger partial charge in [-0.1, -0.05) is 33.1 Å². The predicted octanol–water partition coefficient (Wildman–Crippen LogP) is 4.45. The summed E-state index contributed by atoms with van der Waals surface area (Å²) >= 11 is 0. The summed E-state index contributed by atoms with van der Waals surface area (Å²) in [5.41, 5.74) is 3.42. The van der Waals surface area contributed by atoms with E-state index >= 15 is 0 Å². The Morgan fingerprint density at radius 3 is 2.67 bits per heavy atom. The standard InChI is InChI=1S/C22H29N3O2/c1-14(26)25-18-9-10-23-13-17(18)24-16-11-22(2,3)12-19(27)20(16)21(25)15-7-5-4-6-8-15/h9-10,13,15,21,24H,4-8,11-12H2,1-3H3. The Hall–Kier alpha value is -2.17. The largest absolute Gasteiger partial charge is 0.356 e. The highest BCUT2D eigenvalue weighted by molar-refractivity contribution is 6.05. The highest BCUT2D eigenvalue weighted by atomic mass is 16.2. The first-order valence-corrected chi connectivity index (χ1v) is 10.1. The molecule has 27 heavy (non-hydrogen) atoms. The zero-order valence-electron chi connectivity index (χ0n) is 16.5. The van der Waals surface area contributed by atoms with E-state index in [1.807, 2.05) is 11.0 Å². The second kappa shape index (κ2) is 6.77. The molecule has 0 bridgehead atoms. The fourth-order valence-electron chi connectivity index (χ4n) is 5.19. The maximum Gasteiger partial charge on any atom is 0.224 e. The van der Waals surface area contributed by atoms with Crippen LogP contribution in [0.2, 0.25) is 0 Å². The number of allylic oxidation sites excluding steroid dienone is 1. The summed E-state index contributed by atoms with van der Waals surface area (Å²) in [5, 5.41) is 3.50. The van der Waals surface area contributed by atoms with E-state index in [0.29, 0.717) is 12.3 Å². The number of anilines is 2. The topological polar surface area (TPSA) is 62.3 Å². The molecule has 5 heteroatoms. The van der Waals surface area contributed by atoms with Gasteiger partial charge in [-0.05, 0) is 36.7 Å². The Morgan fingerprint density at radius 1 is 1.22 bits per heavy atom. The molecule has 1 aromatic rings. The fourth-order valence-corrected chi connectivity index (χ4v) is 5.19. The summed E-state index contributed by atoms with van der Waals surface area (Å²) < 4.78 is 0. The van der Waals surface area contributed by atoms with Crippen LogP contribution < -0.4 is 10.2 Å². The number of carbonyl (C=O) groups excluding carboxylic acids is 2. The zero-order chi connectivity index (χ0) is 19.2. The van der Waals surface area contributed by atoms with Crippen LogP contribution in [-0.4, -0.2) is 22.7 Å². The van der Waals surface area contributed by atoms with Gasteiger partial charge in [0.15, 0.2) is 5.78 Å². The second-order valence-corrected chi connectivity index (χ2v) is 9.08. The lowest BCUT2D eigenvalue weighted by Crippen LogP contribution is -2.48. The molecule has 4 rings (SSSR count). The second-order valence-electron chi connectivity index (χ2n) is 9.08. The van der Waals surface area contributed by atoms with Crippen LogP contribution in [0.1, 0.15) is 65.7 Å². The molecular formula is C22H29N3O2. The lowest BCUT2D eigenvalue weighted by Gasteiger charge is -2.41. The van der Waals surface area contributed by atoms with E-state index in [1.165, 1.54) is 19.3 Å². The number of nitrogens with one attached hydrogen (secondary N) is 1. The van der Waals surface area contributed by atoms with E-state index in [1.54, 1.807) is 19.3 Å². The molecule has 1 amide bonds. The smallest absolute Gasteiger partial charge is 0.224 e. The summed E-state index contributed by atoms with van der Waals surface area (Å²) in [7, 11) is 0. The first kappa shape index (κ1) is 18.2. The molecule has 1 fully saturated rings. The van der Waals surface area contributed by atoms with Crippen molar-refractivity contribution in [2.24, 2.45) is 11.3 Å². The third-order valence-corrected chi connectivity index (χ3v) is 6.27. The van der Waals surface area contributed by atoms with Gasteiger partial charge >= 0.3 is 0 Å². The van der Waals surface area contributed by atoms with E-state index < -0.39 is 0 Å². The molecule has 1 unspecified atom stereocenters. The molecular weight excluding hydrogens is 338 g/mol. The number of nitrogens with zero attached hydrogens (tertiary/aromatic N) is 2. The number of hydrogen-bond acceptors (Lipinski definition) is 4. The summed E-state index contributed by atoms with van der Waals surface area (Å²) in [5.74, 6) is 0.515. The van der Waals surface area contributed by atoms with Gasteiger partial charge in [0.2, 0.25) is 5.91 Å². The molecule has 0 aromatic carbocycles. The normalized spacial score (nSPS) is 25.4. The molecule has 2 heterocycles. The minimum atomic E-state index is -0.169. The molecule has 1 saturated carbocycles.